The van der Waals surface area contributed by atoms with Crippen molar-refractivity contribution in [2.75, 3.05) is 6.61 Å². The van der Waals surface area contributed by atoms with E-state index in [9.17, 15) is 5.11 Å². The second-order valence-corrected chi connectivity index (χ2v) is 4.82. The third-order valence-corrected chi connectivity index (χ3v) is 3.13. The van der Waals surface area contributed by atoms with Crippen LogP contribution in [0.2, 0.25) is 5.02 Å². The van der Waals surface area contributed by atoms with Crippen LogP contribution in [0.5, 0.6) is 0 Å². The molecule has 1 aromatic carbocycles. The molecule has 1 nitrogen and oxygen atoms in total. The fourth-order valence-electron chi connectivity index (χ4n) is 1.75. The van der Waals surface area contributed by atoms with Crippen LogP contribution in [0.1, 0.15) is 38.2 Å². The summed E-state index contributed by atoms with van der Waals surface area (Å²) in [5, 5.41) is 10.00. The third-order valence-electron chi connectivity index (χ3n) is 2.87. The molecule has 0 aliphatic rings. The standard InChI is InChI=1S/C15H21ClO/c1-2-3-5-14(12-17)7-4-6-13-8-10-15(16)11-9-13/h4,6,8-11,14,17H,2-3,5,7,12H2,1H3/b6-4+/t14-/m1/s1. The maximum atomic E-state index is 9.23. The SMILES string of the molecule is CCCC[C@@H](CO)C/C=C/c1ccc(Cl)cc1. The van der Waals surface area contributed by atoms with Gasteiger partial charge in [0.15, 0.2) is 0 Å². The van der Waals surface area contributed by atoms with E-state index in [2.05, 4.69) is 19.1 Å². The molecule has 0 fully saturated rings. The first-order chi connectivity index (χ1) is 8.26. The number of rotatable bonds is 7. The van der Waals surface area contributed by atoms with E-state index in [1.54, 1.807) is 0 Å². The summed E-state index contributed by atoms with van der Waals surface area (Å²) in [5.41, 5.74) is 1.15. The van der Waals surface area contributed by atoms with Crippen LogP contribution in [-0.2, 0) is 0 Å². The first kappa shape index (κ1) is 14.3. The van der Waals surface area contributed by atoms with Gasteiger partial charge in [0.05, 0.1) is 0 Å². The third kappa shape index (κ3) is 5.90. The summed E-state index contributed by atoms with van der Waals surface area (Å²) in [4.78, 5) is 0. The van der Waals surface area contributed by atoms with Crippen LogP contribution < -0.4 is 0 Å². The number of aliphatic hydroxyl groups excluding tert-OH is 1. The van der Waals surface area contributed by atoms with Gasteiger partial charge >= 0.3 is 0 Å². The van der Waals surface area contributed by atoms with Crippen molar-refractivity contribution >= 4 is 17.7 Å². The van der Waals surface area contributed by atoms with Crippen LogP contribution >= 0.6 is 11.6 Å². The Labute approximate surface area is 109 Å². The highest BCUT2D eigenvalue weighted by molar-refractivity contribution is 6.30. The molecule has 17 heavy (non-hydrogen) atoms. The fraction of sp³-hybridized carbons (Fsp3) is 0.467. The van der Waals surface area contributed by atoms with Crippen molar-refractivity contribution in [3.05, 3.63) is 40.9 Å². The molecule has 0 unspecified atom stereocenters. The zero-order valence-corrected chi connectivity index (χ0v) is 11.2. The van der Waals surface area contributed by atoms with E-state index < -0.39 is 0 Å². The predicted molar refractivity (Wildman–Crippen MR) is 75.2 cm³/mol. The van der Waals surface area contributed by atoms with Crippen molar-refractivity contribution in [2.45, 2.75) is 32.6 Å². The lowest BCUT2D eigenvalue weighted by atomic mass is 9.99. The Kier molecular flexibility index (Phi) is 6.99. The summed E-state index contributed by atoms with van der Waals surface area (Å²) in [7, 11) is 0. The molecule has 0 radical (unpaired) electrons. The maximum Gasteiger partial charge on any atom is 0.0462 e. The van der Waals surface area contributed by atoms with Gasteiger partial charge in [-0.1, -0.05) is 55.7 Å². The molecule has 0 bridgehead atoms. The first-order valence-electron chi connectivity index (χ1n) is 6.29. The van der Waals surface area contributed by atoms with E-state index in [-0.39, 0.29) is 6.61 Å². The molecular weight excluding hydrogens is 232 g/mol. The van der Waals surface area contributed by atoms with Crippen LogP contribution in [0, 0.1) is 5.92 Å². The van der Waals surface area contributed by atoms with Crippen molar-refractivity contribution in [1.29, 1.82) is 0 Å². The maximum absolute atomic E-state index is 9.23. The Morgan fingerprint density at radius 2 is 2.00 bits per heavy atom. The lowest BCUT2D eigenvalue weighted by Gasteiger charge is -2.10. The molecule has 0 aromatic heterocycles. The van der Waals surface area contributed by atoms with E-state index in [0.717, 1.165) is 23.4 Å². The molecule has 0 saturated carbocycles. The van der Waals surface area contributed by atoms with Crippen molar-refractivity contribution in [2.24, 2.45) is 5.92 Å². The number of hydrogen-bond acceptors (Lipinski definition) is 1. The largest absolute Gasteiger partial charge is 0.396 e. The summed E-state index contributed by atoms with van der Waals surface area (Å²) in [5.74, 6) is 0.401. The van der Waals surface area contributed by atoms with E-state index in [1.807, 2.05) is 24.3 Å². The highest BCUT2D eigenvalue weighted by atomic mass is 35.5. The Bertz CT molecular complexity index is 329. The van der Waals surface area contributed by atoms with Gasteiger partial charge in [-0.3, -0.25) is 0 Å². The second-order valence-electron chi connectivity index (χ2n) is 4.38. The van der Waals surface area contributed by atoms with E-state index in [1.165, 1.54) is 12.8 Å². The lowest BCUT2D eigenvalue weighted by Crippen LogP contribution is -2.04. The highest BCUT2D eigenvalue weighted by Crippen LogP contribution is 2.15. The normalized spacial score (nSPS) is 13.1. The number of aliphatic hydroxyl groups is 1. The van der Waals surface area contributed by atoms with Crippen LogP contribution in [-0.4, -0.2) is 11.7 Å². The highest BCUT2D eigenvalue weighted by Gasteiger charge is 2.03. The van der Waals surface area contributed by atoms with Crippen LogP contribution in [0.3, 0.4) is 0 Å². The van der Waals surface area contributed by atoms with Gasteiger partial charge in [-0.25, -0.2) is 0 Å². The van der Waals surface area contributed by atoms with Crippen molar-refractivity contribution in [3.63, 3.8) is 0 Å². The predicted octanol–water partition coefficient (Wildman–Crippen LogP) is 4.54. The fourth-order valence-corrected chi connectivity index (χ4v) is 1.87. The van der Waals surface area contributed by atoms with Gasteiger partial charge in [0.1, 0.15) is 0 Å². The van der Waals surface area contributed by atoms with Gasteiger partial charge in [0.2, 0.25) is 0 Å². The molecule has 94 valence electrons. The monoisotopic (exact) mass is 252 g/mol. The summed E-state index contributed by atoms with van der Waals surface area (Å²) >= 11 is 5.82. The van der Waals surface area contributed by atoms with Crippen molar-refractivity contribution in [3.8, 4) is 0 Å². The van der Waals surface area contributed by atoms with Gasteiger partial charge in [0.25, 0.3) is 0 Å². The van der Waals surface area contributed by atoms with Gasteiger partial charge in [-0.2, -0.15) is 0 Å². The van der Waals surface area contributed by atoms with E-state index in [4.69, 9.17) is 11.6 Å². The van der Waals surface area contributed by atoms with E-state index >= 15 is 0 Å². The topological polar surface area (TPSA) is 20.2 Å². The minimum Gasteiger partial charge on any atom is -0.396 e. The van der Waals surface area contributed by atoms with Gasteiger partial charge in [0, 0.05) is 11.6 Å². The molecule has 0 saturated heterocycles. The molecule has 0 aliphatic carbocycles. The average molecular weight is 253 g/mol. The molecular formula is C15H21ClO. The number of unbranched alkanes of at least 4 members (excludes halogenated alkanes) is 1. The molecule has 0 spiro atoms. The molecule has 1 rings (SSSR count). The minimum absolute atomic E-state index is 0.283. The summed E-state index contributed by atoms with van der Waals surface area (Å²) in [6, 6.07) is 7.78. The number of halogens is 1. The smallest absolute Gasteiger partial charge is 0.0462 e. The molecule has 2 heteroatoms. The zero-order chi connectivity index (χ0) is 12.5. The molecule has 0 amide bonds. The molecule has 1 atom stereocenters. The number of hydrogen-bond donors (Lipinski definition) is 1. The van der Waals surface area contributed by atoms with Crippen LogP contribution in [0.15, 0.2) is 30.3 Å². The number of benzene rings is 1. The molecule has 0 aliphatic heterocycles. The van der Waals surface area contributed by atoms with Gasteiger partial charge in [-0.15, -0.1) is 0 Å². The number of allylic oxidation sites excluding steroid dienone is 1. The minimum atomic E-state index is 0.283. The molecule has 1 aromatic rings. The van der Waals surface area contributed by atoms with Gasteiger partial charge < -0.3 is 5.11 Å². The van der Waals surface area contributed by atoms with Crippen molar-refractivity contribution in [1.82, 2.24) is 0 Å². The zero-order valence-electron chi connectivity index (χ0n) is 10.4. The van der Waals surface area contributed by atoms with Crippen LogP contribution in [0.25, 0.3) is 6.08 Å². The van der Waals surface area contributed by atoms with Crippen LogP contribution in [0.4, 0.5) is 0 Å². The Morgan fingerprint density at radius 3 is 2.59 bits per heavy atom. The summed E-state index contributed by atoms with van der Waals surface area (Å²) in [6.45, 7) is 2.46. The molecule has 1 N–H and O–H groups in total. The Hall–Kier alpha value is -0.790. The Morgan fingerprint density at radius 1 is 1.29 bits per heavy atom. The first-order valence-corrected chi connectivity index (χ1v) is 6.67. The summed E-state index contributed by atoms with van der Waals surface area (Å²) < 4.78 is 0. The molecule has 0 heterocycles. The average Bonchev–Trinajstić information content (AvgIpc) is 2.36. The quantitative estimate of drug-likeness (QED) is 0.755. The second kappa shape index (κ2) is 8.32. The lowest BCUT2D eigenvalue weighted by molar-refractivity contribution is 0.217. The van der Waals surface area contributed by atoms with Crippen molar-refractivity contribution < 1.29 is 5.11 Å². The van der Waals surface area contributed by atoms with Gasteiger partial charge in [-0.05, 0) is 36.5 Å². The van der Waals surface area contributed by atoms with E-state index in [0.29, 0.717) is 5.92 Å². The summed E-state index contributed by atoms with van der Waals surface area (Å²) in [6.07, 6.45) is 8.67. The Balaban J connectivity index is 2.39.